The average molecular weight is 481 g/mol. The maximum absolute atomic E-state index is 14.0. The summed E-state index contributed by atoms with van der Waals surface area (Å²) in [5, 5.41) is 3.50. The molecule has 0 saturated carbocycles. The van der Waals surface area contributed by atoms with Crippen molar-refractivity contribution in [3.8, 4) is 5.75 Å². The summed E-state index contributed by atoms with van der Waals surface area (Å²) in [7, 11) is 1.59. The number of hydrogen-bond donors (Lipinski definition) is 1. The van der Waals surface area contributed by atoms with Gasteiger partial charge in [0.25, 0.3) is 5.91 Å². The number of para-hydroxylation sites is 3. The minimum atomic E-state index is -0.727. The summed E-state index contributed by atoms with van der Waals surface area (Å²) >= 11 is 0. The van der Waals surface area contributed by atoms with Crippen molar-refractivity contribution in [2.75, 3.05) is 17.3 Å². The molecule has 36 heavy (non-hydrogen) atoms. The molecule has 6 rings (SSSR count). The highest BCUT2D eigenvalue weighted by Gasteiger charge is 2.43. The topological polar surface area (TPSA) is 84.9 Å². The molecule has 180 valence electrons. The second-order valence-electron chi connectivity index (χ2n) is 8.88. The molecule has 2 aliphatic rings. The lowest BCUT2D eigenvalue weighted by molar-refractivity contribution is -0.116. The van der Waals surface area contributed by atoms with E-state index in [1.165, 1.54) is 6.26 Å². The van der Waals surface area contributed by atoms with E-state index in [0.717, 1.165) is 22.7 Å². The van der Waals surface area contributed by atoms with E-state index >= 15 is 0 Å². The van der Waals surface area contributed by atoms with Crippen molar-refractivity contribution < 1.29 is 23.2 Å². The number of Topliss-reactive ketones (excluding diaryl/α,β-unsaturated/α-hetero) is 1. The molecule has 2 aromatic carbocycles. The van der Waals surface area contributed by atoms with Gasteiger partial charge in [0, 0.05) is 29.2 Å². The molecule has 1 aliphatic carbocycles. The van der Waals surface area contributed by atoms with Crippen molar-refractivity contribution in [2.24, 2.45) is 0 Å². The first-order valence-electron chi connectivity index (χ1n) is 11.8. The van der Waals surface area contributed by atoms with E-state index in [-0.39, 0.29) is 29.8 Å². The van der Waals surface area contributed by atoms with E-state index in [1.807, 2.05) is 60.7 Å². The van der Waals surface area contributed by atoms with Crippen LogP contribution in [0.25, 0.3) is 0 Å². The molecular formula is C29H24N2O5. The van der Waals surface area contributed by atoms with E-state index in [1.54, 1.807) is 30.4 Å². The molecule has 7 heteroatoms. The number of nitrogens with one attached hydrogen (secondary N) is 1. The van der Waals surface area contributed by atoms with Crippen LogP contribution >= 0.6 is 0 Å². The molecule has 7 nitrogen and oxygen atoms in total. The third-order valence-corrected chi connectivity index (χ3v) is 6.82. The zero-order valence-electron chi connectivity index (χ0n) is 19.6. The van der Waals surface area contributed by atoms with Gasteiger partial charge in [-0.1, -0.05) is 30.3 Å². The number of ketones is 1. The molecule has 1 N–H and O–H groups in total. The van der Waals surface area contributed by atoms with Gasteiger partial charge in [0.15, 0.2) is 11.5 Å². The van der Waals surface area contributed by atoms with E-state index in [4.69, 9.17) is 13.6 Å². The minimum Gasteiger partial charge on any atom is -0.496 e. The van der Waals surface area contributed by atoms with Crippen LogP contribution < -0.4 is 15.0 Å². The largest absolute Gasteiger partial charge is 0.496 e. The summed E-state index contributed by atoms with van der Waals surface area (Å²) < 4.78 is 16.9. The van der Waals surface area contributed by atoms with Crippen molar-refractivity contribution in [3.05, 3.63) is 114 Å². The first-order valence-corrected chi connectivity index (χ1v) is 11.8. The number of carbonyl (C=O) groups excluding carboxylic acids is 2. The molecule has 0 radical (unpaired) electrons. The molecule has 2 aromatic heterocycles. The summed E-state index contributed by atoms with van der Waals surface area (Å²) in [4.78, 5) is 29.6. The summed E-state index contributed by atoms with van der Waals surface area (Å²) in [6.07, 6.45) is 3.94. The Hall–Kier alpha value is -4.52. The number of anilines is 2. The third-order valence-electron chi connectivity index (χ3n) is 6.82. The maximum atomic E-state index is 14.0. The maximum Gasteiger partial charge on any atom is 0.294 e. The van der Waals surface area contributed by atoms with Crippen molar-refractivity contribution in [2.45, 2.75) is 24.8 Å². The first kappa shape index (κ1) is 22.0. The standard InChI is InChI=1S/C29H24N2O5/c1-34-25-11-5-2-8-19(25)28-27-21(16-18(17-23(27)32)24-12-6-14-35-24)30-20-9-3-4-10-22(20)31(28)29(33)26-13-7-15-36-26/h2-15,18,28,30H,16-17H2,1H3/t18-,28-/m1/s1. The predicted molar refractivity (Wildman–Crippen MR) is 134 cm³/mol. The number of rotatable bonds is 4. The van der Waals surface area contributed by atoms with Gasteiger partial charge in [-0.25, -0.2) is 0 Å². The number of furan rings is 2. The van der Waals surface area contributed by atoms with Gasteiger partial charge >= 0.3 is 0 Å². The average Bonchev–Trinajstić information content (AvgIpc) is 3.61. The predicted octanol–water partition coefficient (Wildman–Crippen LogP) is 6.10. The molecule has 0 unspecified atom stereocenters. The number of ether oxygens (including phenoxy) is 1. The molecule has 0 fully saturated rings. The van der Waals surface area contributed by atoms with Crippen LogP contribution in [-0.4, -0.2) is 18.8 Å². The Balaban J connectivity index is 1.60. The molecule has 2 atom stereocenters. The Bertz CT molecular complexity index is 1450. The van der Waals surface area contributed by atoms with Crippen LogP contribution in [0.1, 0.15) is 46.7 Å². The number of carbonyl (C=O) groups is 2. The van der Waals surface area contributed by atoms with Crippen LogP contribution in [0.15, 0.2) is 105 Å². The molecule has 1 amide bonds. The number of benzene rings is 2. The quantitative estimate of drug-likeness (QED) is 0.380. The van der Waals surface area contributed by atoms with Gasteiger partial charge in [0.05, 0.1) is 37.1 Å². The van der Waals surface area contributed by atoms with Gasteiger partial charge in [0.1, 0.15) is 11.5 Å². The van der Waals surface area contributed by atoms with Crippen LogP contribution in [0.3, 0.4) is 0 Å². The number of fused-ring (bicyclic) bond motifs is 1. The highest BCUT2D eigenvalue weighted by atomic mass is 16.5. The summed E-state index contributed by atoms with van der Waals surface area (Å²) in [6.45, 7) is 0. The van der Waals surface area contributed by atoms with Crippen LogP contribution in [0, 0.1) is 0 Å². The Kier molecular flexibility index (Phi) is 5.45. The summed E-state index contributed by atoms with van der Waals surface area (Å²) in [5.74, 6) is 1.05. The molecule has 0 spiro atoms. The van der Waals surface area contributed by atoms with Crippen molar-refractivity contribution in [1.82, 2.24) is 0 Å². The van der Waals surface area contributed by atoms with Gasteiger partial charge in [-0.05, 0) is 48.9 Å². The monoisotopic (exact) mass is 480 g/mol. The van der Waals surface area contributed by atoms with E-state index in [2.05, 4.69) is 5.32 Å². The molecule has 3 heterocycles. The van der Waals surface area contributed by atoms with Gasteiger partial charge in [-0.3, -0.25) is 14.5 Å². The third kappa shape index (κ3) is 3.60. The number of amides is 1. The minimum absolute atomic E-state index is 0.0499. The Morgan fingerprint density at radius 3 is 2.50 bits per heavy atom. The van der Waals surface area contributed by atoms with Crippen molar-refractivity contribution in [1.29, 1.82) is 0 Å². The fraction of sp³-hybridized carbons (Fsp3) is 0.172. The molecule has 0 bridgehead atoms. The van der Waals surface area contributed by atoms with Crippen molar-refractivity contribution >= 4 is 23.1 Å². The zero-order chi connectivity index (χ0) is 24.6. The normalized spacial score (nSPS) is 19.2. The lowest BCUT2D eigenvalue weighted by atomic mass is 9.79. The summed E-state index contributed by atoms with van der Waals surface area (Å²) in [5.41, 5.74) is 3.40. The fourth-order valence-electron chi connectivity index (χ4n) is 5.24. The lowest BCUT2D eigenvalue weighted by Crippen LogP contribution is -2.38. The fourth-order valence-corrected chi connectivity index (χ4v) is 5.24. The van der Waals surface area contributed by atoms with Crippen LogP contribution in [0.5, 0.6) is 5.75 Å². The van der Waals surface area contributed by atoms with Crippen LogP contribution in [0.4, 0.5) is 11.4 Å². The number of hydrogen-bond acceptors (Lipinski definition) is 6. The van der Waals surface area contributed by atoms with E-state index < -0.39 is 6.04 Å². The number of nitrogens with zero attached hydrogens (tertiary/aromatic N) is 1. The van der Waals surface area contributed by atoms with Crippen LogP contribution in [-0.2, 0) is 4.79 Å². The number of allylic oxidation sites excluding steroid dienone is 1. The van der Waals surface area contributed by atoms with E-state index in [0.29, 0.717) is 23.4 Å². The Morgan fingerprint density at radius 1 is 0.944 bits per heavy atom. The van der Waals surface area contributed by atoms with Gasteiger partial charge < -0.3 is 18.9 Å². The Labute approximate surface area is 208 Å². The SMILES string of the molecule is COc1ccccc1[C@@H]1C2=C(C[C@@H](c3ccco3)CC2=O)Nc2ccccc2N1C(=O)c1ccco1. The van der Waals surface area contributed by atoms with Gasteiger partial charge in [-0.2, -0.15) is 0 Å². The lowest BCUT2D eigenvalue weighted by Gasteiger charge is -2.35. The second-order valence-corrected chi connectivity index (χ2v) is 8.88. The smallest absolute Gasteiger partial charge is 0.294 e. The van der Waals surface area contributed by atoms with Gasteiger partial charge in [0.2, 0.25) is 0 Å². The zero-order valence-corrected chi connectivity index (χ0v) is 19.6. The summed E-state index contributed by atoms with van der Waals surface area (Å²) in [6, 6.07) is 21.4. The first-order chi connectivity index (χ1) is 17.7. The van der Waals surface area contributed by atoms with E-state index in [9.17, 15) is 9.59 Å². The van der Waals surface area contributed by atoms with Gasteiger partial charge in [-0.15, -0.1) is 0 Å². The second kappa shape index (κ2) is 8.92. The van der Waals surface area contributed by atoms with Crippen molar-refractivity contribution in [3.63, 3.8) is 0 Å². The highest BCUT2D eigenvalue weighted by Crippen LogP contribution is 2.49. The Morgan fingerprint density at radius 2 is 1.72 bits per heavy atom. The molecular weight excluding hydrogens is 456 g/mol. The number of methoxy groups -OCH3 is 1. The van der Waals surface area contributed by atoms with Crippen LogP contribution in [0.2, 0.25) is 0 Å². The molecule has 4 aromatic rings. The highest BCUT2D eigenvalue weighted by molar-refractivity contribution is 6.11. The molecule has 1 aliphatic heterocycles. The molecule has 0 saturated heterocycles.